The number of piperazine rings is 1. The Bertz CT molecular complexity index is 408. The van der Waals surface area contributed by atoms with Gasteiger partial charge in [0.2, 0.25) is 0 Å². The van der Waals surface area contributed by atoms with Crippen molar-refractivity contribution in [3.63, 3.8) is 0 Å². The lowest BCUT2D eigenvalue weighted by molar-refractivity contribution is 0.128. The molecule has 1 fully saturated rings. The van der Waals surface area contributed by atoms with E-state index in [2.05, 4.69) is 56.1 Å². The lowest BCUT2D eigenvalue weighted by Crippen LogP contribution is -2.46. The smallest absolute Gasteiger partial charge is 0.0377 e. The van der Waals surface area contributed by atoms with Crippen LogP contribution in [0.5, 0.6) is 0 Å². The lowest BCUT2D eigenvalue weighted by atomic mass is 9.87. The van der Waals surface area contributed by atoms with Gasteiger partial charge in [0.15, 0.2) is 0 Å². The van der Waals surface area contributed by atoms with Crippen molar-refractivity contribution >= 4 is 0 Å². The quantitative estimate of drug-likeness (QED) is 0.893. The highest BCUT2D eigenvalue weighted by molar-refractivity contribution is 5.33. The van der Waals surface area contributed by atoms with Gasteiger partial charge in [-0.15, -0.1) is 0 Å². The first-order valence-corrected chi connectivity index (χ1v) is 7.65. The molecule has 2 heteroatoms. The topological polar surface area (TPSA) is 15.3 Å². The second kappa shape index (κ2) is 6.53. The van der Waals surface area contributed by atoms with Gasteiger partial charge >= 0.3 is 0 Å². The predicted molar refractivity (Wildman–Crippen MR) is 82.6 cm³/mol. The first-order valence-electron chi connectivity index (χ1n) is 7.65. The van der Waals surface area contributed by atoms with E-state index < -0.39 is 0 Å². The van der Waals surface area contributed by atoms with Gasteiger partial charge in [0, 0.05) is 32.2 Å². The molecule has 19 heavy (non-hydrogen) atoms. The van der Waals surface area contributed by atoms with E-state index >= 15 is 0 Å². The van der Waals surface area contributed by atoms with Gasteiger partial charge in [0.1, 0.15) is 0 Å². The third-order valence-corrected chi connectivity index (χ3v) is 4.48. The predicted octanol–water partition coefficient (Wildman–Crippen LogP) is 3.30. The summed E-state index contributed by atoms with van der Waals surface area (Å²) in [4.78, 5) is 2.67. The Morgan fingerprint density at radius 3 is 2.53 bits per heavy atom. The lowest BCUT2D eigenvalue weighted by Gasteiger charge is -2.39. The van der Waals surface area contributed by atoms with Gasteiger partial charge in [0.05, 0.1) is 0 Å². The highest BCUT2D eigenvalue weighted by Gasteiger charge is 2.27. The highest BCUT2D eigenvalue weighted by Crippen LogP contribution is 2.33. The fourth-order valence-electron chi connectivity index (χ4n) is 3.13. The molecule has 1 aromatic rings. The maximum Gasteiger partial charge on any atom is 0.0377 e. The van der Waals surface area contributed by atoms with Crippen LogP contribution in [0.25, 0.3) is 0 Å². The Morgan fingerprint density at radius 1 is 1.21 bits per heavy atom. The van der Waals surface area contributed by atoms with Crippen molar-refractivity contribution in [3.05, 3.63) is 34.9 Å². The van der Waals surface area contributed by atoms with Crippen LogP contribution in [-0.4, -0.2) is 31.1 Å². The zero-order chi connectivity index (χ0) is 13.8. The van der Waals surface area contributed by atoms with Gasteiger partial charge in [-0.25, -0.2) is 0 Å². The summed E-state index contributed by atoms with van der Waals surface area (Å²) in [5.41, 5.74) is 4.36. The van der Waals surface area contributed by atoms with Crippen LogP contribution in [0.1, 0.15) is 43.0 Å². The summed E-state index contributed by atoms with van der Waals surface area (Å²) in [5, 5.41) is 3.46. The number of nitrogens with zero attached hydrogens (tertiary/aromatic N) is 1. The Labute approximate surface area is 118 Å². The van der Waals surface area contributed by atoms with Crippen molar-refractivity contribution in [2.45, 2.75) is 40.2 Å². The molecule has 0 aromatic heterocycles. The average molecular weight is 260 g/mol. The SMILES string of the molecule is CCC(C)[C@H](c1cc(C)ccc1C)N1CCNCC1. The van der Waals surface area contributed by atoms with E-state index in [1.165, 1.54) is 36.2 Å². The monoisotopic (exact) mass is 260 g/mol. The van der Waals surface area contributed by atoms with E-state index in [0.717, 1.165) is 13.1 Å². The molecule has 1 aliphatic rings. The van der Waals surface area contributed by atoms with Gasteiger partial charge in [-0.1, -0.05) is 44.0 Å². The molecule has 2 atom stereocenters. The van der Waals surface area contributed by atoms with Gasteiger partial charge in [-0.05, 0) is 30.9 Å². The van der Waals surface area contributed by atoms with Crippen molar-refractivity contribution in [1.82, 2.24) is 10.2 Å². The minimum atomic E-state index is 0.576. The van der Waals surface area contributed by atoms with E-state index in [9.17, 15) is 0 Å². The standard InChI is InChI=1S/C17H28N2/c1-5-14(3)17(19-10-8-18-9-11-19)16-12-13(2)6-7-15(16)4/h6-7,12,14,17-18H,5,8-11H2,1-4H3/t14?,17-/m1/s1. The summed E-state index contributed by atoms with van der Waals surface area (Å²) in [6.45, 7) is 13.8. The molecule has 1 aliphatic heterocycles. The minimum absolute atomic E-state index is 0.576. The molecule has 2 nitrogen and oxygen atoms in total. The van der Waals surface area contributed by atoms with Crippen molar-refractivity contribution in [2.75, 3.05) is 26.2 Å². The summed E-state index contributed by atoms with van der Waals surface area (Å²) in [5.74, 6) is 0.707. The van der Waals surface area contributed by atoms with Crippen LogP contribution in [0.2, 0.25) is 0 Å². The van der Waals surface area contributed by atoms with Gasteiger partial charge < -0.3 is 5.32 Å². The maximum atomic E-state index is 3.46. The fourth-order valence-corrected chi connectivity index (χ4v) is 3.13. The Morgan fingerprint density at radius 2 is 1.89 bits per heavy atom. The normalized spacial score (nSPS) is 20.2. The van der Waals surface area contributed by atoms with Crippen LogP contribution in [0.4, 0.5) is 0 Å². The summed E-state index contributed by atoms with van der Waals surface area (Å²) >= 11 is 0. The molecule has 0 spiro atoms. The Kier molecular flexibility index (Phi) is 5.00. The van der Waals surface area contributed by atoms with Crippen molar-refractivity contribution in [3.8, 4) is 0 Å². The van der Waals surface area contributed by atoms with Crippen LogP contribution in [0.15, 0.2) is 18.2 Å². The molecule has 0 aliphatic carbocycles. The first-order chi connectivity index (χ1) is 9.13. The number of benzene rings is 1. The molecule has 0 amide bonds. The molecule has 0 radical (unpaired) electrons. The molecule has 2 rings (SSSR count). The summed E-state index contributed by atoms with van der Waals surface area (Å²) in [7, 11) is 0. The minimum Gasteiger partial charge on any atom is -0.314 e. The van der Waals surface area contributed by atoms with Gasteiger partial charge in [-0.3, -0.25) is 4.90 Å². The first kappa shape index (κ1) is 14.5. The van der Waals surface area contributed by atoms with Crippen molar-refractivity contribution < 1.29 is 0 Å². The van der Waals surface area contributed by atoms with Crippen molar-refractivity contribution in [2.24, 2.45) is 5.92 Å². The zero-order valence-corrected chi connectivity index (χ0v) is 12.9. The number of aryl methyl sites for hydroxylation is 2. The fraction of sp³-hybridized carbons (Fsp3) is 0.647. The summed E-state index contributed by atoms with van der Waals surface area (Å²) in [6, 6.07) is 7.48. The molecule has 1 aromatic carbocycles. The van der Waals surface area contributed by atoms with E-state index in [1.54, 1.807) is 0 Å². The Hall–Kier alpha value is -0.860. The highest BCUT2D eigenvalue weighted by atomic mass is 15.2. The van der Waals surface area contributed by atoms with Crippen LogP contribution in [0, 0.1) is 19.8 Å². The molecule has 0 bridgehead atoms. The number of hydrogen-bond donors (Lipinski definition) is 1. The van der Waals surface area contributed by atoms with Gasteiger partial charge in [-0.2, -0.15) is 0 Å². The van der Waals surface area contributed by atoms with Crippen molar-refractivity contribution in [1.29, 1.82) is 0 Å². The molecular formula is C17H28N2. The van der Waals surface area contributed by atoms with E-state index in [1.807, 2.05) is 0 Å². The molecule has 106 valence electrons. The summed E-state index contributed by atoms with van der Waals surface area (Å²) < 4.78 is 0. The van der Waals surface area contributed by atoms with E-state index in [4.69, 9.17) is 0 Å². The molecule has 1 heterocycles. The molecule has 1 saturated heterocycles. The number of rotatable bonds is 4. The van der Waals surface area contributed by atoms with E-state index in [0.29, 0.717) is 12.0 Å². The van der Waals surface area contributed by atoms with Crippen LogP contribution >= 0.6 is 0 Å². The van der Waals surface area contributed by atoms with Crippen LogP contribution in [-0.2, 0) is 0 Å². The van der Waals surface area contributed by atoms with Gasteiger partial charge in [0.25, 0.3) is 0 Å². The average Bonchev–Trinajstić information content (AvgIpc) is 2.44. The molecular weight excluding hydrogens is 232 g/mol. The van der Waals surface area contributed by atoms with Crippen LogP contribution < -0.4 is 5.32 Å². The summed E-state index contributed by atoms with van der Waals surface area (Å²) in [6.07, 6.45) is 1.24. The molecule has 0 saturated carbocycles. The Balaban J connectivity index is 2.33. The second-order valence-corrected chi connectivity index (χ2v) is 5.98. The molecule has 1 unspecified atom stereocenters. The van der Waals surface area contributed by atoms with E-state index in [-0.39, 0.29) is 0 Å². The second-order valence-electron chi connectivity index (χ2n) is 5.98. The van der Waals surface area contributed by atoms with Crippen LogP contribution in [0.3, 0.4) is 0 Å². The number of nitrogens with one attached hydrogen (secondary N) is 1. The third-order valence-electron chi connectivity index (χ3n) is 4.48. The number of hydrogen-bond acceptors (Lipinski definition) is 2. The third kappa shape index (κ3) is 3.37. The molecule has 1 N–H and O–H groups in total. The zero-order valence-electron chi connectivity index (χ0n) is 12.9. The largest absolute Gasteiger partial charge is 0.314 e. The maximum absolute atomic E-state index is 3.46.